The summed E-state index contributed by atoms with van der Waals surface area (Å²) in [5, 5.41) is 12.4. The van der Waals surface area contributed by atoms with E-state index in [1.54, 1.807) is 18.2 Å². The van der Waals surface area contributed by atoms with Gasteiger partial charge in [-0.2, -0.15) is 5.26 Å². The van der Waals surface area contributed by atoms with Gasteiger partial charge in [0.1, 0.15) is 17.6 Å². The number of rotatable bonds is 4. The number of nitrogen functional groups attached to an aromatic ring is 1. The molecule has 3 N–H and O–H groups in total. The fourth-order valence-corrected chi connectivity index (χ4v) is 2.15. The van der Waals surface area contributed by atoms with Crippen molar-refractivity contribution in [1.29, 1.82) is 5.26 Å². The molecule has 3 rings (SSSR count). The van der Waals surface area contributed by atoms with Crippen molar-refractivity contribution in [3.8, 4) is 17.6 Å². The summed E-state index contributed by atoms with van der Waals surface area (Å²) in [6.07, 6.45) is 0. The van der Waals surface area contributed by atoms with E-state index >= 15 is 0 Å². The van der Waals surface area contributed by atoms with Gasteiger partial charge in [0.25, 0.3) is 0 Å². The van der Waals surface area contributed by atoms with Crippen LogP contribution in [0.3, 0.4) is 0 Å². The van der Waals surface area contributed by atoms with Crippen LogP contribution in [0, 0.1) is 11.3 Å². The van der Waals surface area contributed by atoms with Crippen LogP contribution in [0.1, 0.15) is 5.56 Å². The number of benzene rings is 3. The Morgan fingerprint density at radius 1 is 0.870 bits per heavy atom. The predicted molar refractivity (Wildman–Crippen MR) is 91.8 cm³/mol. The third kappa shape index (κ3) is 3.60. The number of hydrogen-bond donors (Lipinski definition) is 2. The van der Waals surface area contributed by atoms with Gasteiger partial charge in [-0.25, -0.2) is 0 Å². The van der Waals surface area contributed by atoms with Crippen LogP contribution in [-0.2, 0) is 0 Å². The first-order valence-electron chi connectivity index (χ1n) is 7.14. The molecule has 4 nitrogen and oxygen atoms in total. The molecule has 0 radical (unpaired) electrons. The van der Waals surface area contributed by atoms with Gasteiger partial charge < -0.3 is 15.8 Å². The fraction of sp³-hybridized carbons (Fsp3) is 0. The summed E-state index contributed by atoms with van der Waals surface area (Å²) >= 11 is 0. The average Bonchev–Trinajstić information content (AvgIpc) is 2.59. The fourth-order valence-electron chi connectivity index (χ4n) is 2.15. The maximum absolute atomic E-state index is 9.16. The Balaban J connectivity index is 1.74. The van der Waals surface area contributed by atoms with Gasteiger partial charge in [0, 0.05) is 11.4 Å². The zero-order valence-corrected chi connectivity index (χ0v) is 12.4. The molecule has 0 aliphatic rings. The molecule has 112 valence electrons. The Morgan fingerprint density at radius 2 is 1.57 bits per heavy atom. The highest BCUT2D eigenvalue weighted by molar-refractivity contribution is 5.69. The Kier molecular flexibility index (Phi) is 4.12. The van der Waals surface area contributed by atoms with E-state index in [4.69, 9.17) is 15.7 Å². The molecule has 3 aromatic rings. The molecule has 0 aliphatic carbocycles. The normalized spacial score (nSPS) is 9.87. The smallest absolute Gasteiger partial charge is 0.127 e. The molecule has 0 amide bonds. The van der Waals surface area contributed by atoms with Crippen LogP contribution in [0.4, 0.5) is 17.1 Å². The number of nitrogens with one attached hydrogen (secondary N) is 1. The van der Waals surface area contributed by atoms with Gasteiger partial charge in [0.05, 0.1) is 11.3 Å². The molecule has 0 heterocycles. The predicted octanol–water partition coefficient (Wildman–Crippen LogP) is 4.68. The molecule has 0 aliphatic heterocycles. The van der Waals surface area contributed by atoms with Crippen molar-refractivity contribution in [2.24, 2.45) is 0 Å². The zero-order valence-electron chi connectivity index (χ0n) is 12.4. The van der Waals surface area contributed by atoms with Crippen molar-refractivity contribution in [2.45, 2.75) is 0 Å². The van der Waals surface area contributed by atoms with E-state index in [9.17, 15) is 0 Å². The second-order valence-corrected chi connectivity index (χ2v) is 4.98. The maximum Gasteiger partial charge on any atom is 0.127 e. The topological polar surface area (TPSA) is 71.1 Å². The largest absolute Gasteiger partial charge is 0.457 e. The van der Waals surface area contributed by atoms with E-state index in [0.717, 1.165) is 22.9 Å². The van der Waals surface area contributed by atoms with Crippen LogP contribution in [0.15, 0.2) is 72.8 Å². The van der Waals surface area contributed by atoms with E-state index in [-0.39, 0.29) is 0 Å². The number of nitrogens with zero attached hydrogens (tertiary/aromatic N) is 1. The minimum absolute atomic E-state index is 0.509. The summed E-state index contributed by atoms with van der Waals surface area (Å²) in [5.41, 5.74) is 8.36. The molecule has 4 heteroatoms. The van der Waals surface area contributed by atoms with Crippen LogP contribution in [0.25, 0.3) is 0 Å². The Hall–Kier alpha value is -3.45. The molecular formula is C19H15N3O. The number of anilines is 3. The van der Waals surface area contributed by atoms with Gasteiger partial charge in [0.2, 0.25) is 0 Å². The van der Waals surface area contributed by atoms with Crippen LogP contribution in [-0.4, -0.2) is 0 Å². The molecule has 0 unspecified atom stereocenters. The summed E-state index contributed by atoms with van der Waals surface area (Å²) in [4.78, 5) is 0. The molecular weight excluding hydrogens is 286 g/mol. The van der Waals surface area contributed by atoms with Crippen LogP contribution < -0.4 is 15.8 Å². The number of ether oxygens (including phenoxy) is 1. The SMILES string of the molecule is N#Cc1cc(N)ccc1Nc1ccc(Oc2ccccc2)cc1. The van der Waals surface area contributed by atoms with E-state index in [0.29, 0.717) is 11.3 Å². The second kappa shape index (κ2) is 6.54. The van der Waals surface area contributed by atoms with Gasteiger partial charge in [-0.05, 0) is 54.6 Å². The standard InChI is InChI=1S/C19H15N3O/c20-13-14-12-15(21)6-11-19(14)22-16-7-9-18(10-8-16)23-17-4-2-1-3-5-17/h1-12,22H,21H2. The van der Waals surface area contributed by atoms with E-state index in [1.165, 1.54) is 0 Å². The van der Waals surface area contributed by atoms with Crippen molar-refractivity contribution in [3.05, 3.63) is 78.4 Å². The first-order chi connectivity index (χ1) is 11.2. The maximum atomic E-state index is 9.16. The number of hydrogen-bond acceptors (Lipinski definition) is 4. The highest BCUT2D eigenvalue weighted by atomic mass is 16.5. The average molecular weight is 301 g/mol. The summed E-state index contributed by atoms with van der Waals surface area (Å²) in [5.74, 6) is 1.54. The summed E-state index contributed by atoms with van der Waals surface area (Å²) < 4.78 is 5.75. The zero-order chi connectivity index (χ0) is 16.1. The van der Waals surface area contributed by atoms with Crippen molar-refractivity contribution in [3.63, 3.8) is 0 Å². The van der Waals surface area contributed by atoms with Crippen LogP contribution in [0.5, 0.6) is 11.5 Å². The Bertz CT molecular complexity index is 837. The summed E-state index contributed by atoms with van der Waals surface area (Å²) in [6, 6.07) is 24.5. The third-order valence-electron chi connectivity index (χ3n) is 3.28. The number of nitriles is 1. The molecule has 0 aromatic heterocycles. The van der Waals surface area contributed by atoms with Crippen molar-refractivity contribution in [2.75, 3.05) is 11.1 Å². The lowest BCUT2D eigenvalue weighted by molar-refractivity contribution is 0.483. The minimum atomic E-state index is 0.509. The monoisotopic (exact) mass is 301 g/mol. The van der Waals surface area contributed by atoms with Crippen LogP contribution in [0.2, 0.25) is 0 Å². The van der Waals surface area contributed by atoms with Crippen molar-refractivity contribution >= 4 is 17.1 Å². The van der Waals surface area contributed by atoms with Gasteiger partial charge >= 0.3 is 0 Å². The van der Waals surface area contributed by atoms with Gasteiger partial charge in [-0.3, -0.25) is 0 Å². The Labute approximate surface area is 134 Å². The quantitative estimate of drug-likeness (QED) is 0.686. The lowest BCUT2D eigenvalue weighted by Crippen LogP contribution is -1.95. The molecule has 0 spiro atoms. The molecule has 0 atom stereocenters. The highest BCUT2D eigenvalue weighted by Crippen LogP contribution is 2.26. The molecule has 0 saturated heterocycles. The summed E-state index contributed by atoms with van der Waals surface area (Å²) in [6.45, 7) is 0. The lowest BCUT2D eigenvalue weighted by Gasteiger charge is -2.10. The molecule has 3 aromatic carbocycles. The molecule has 23 heavy (non-hydrogen) atoms. The highest BCUT2D eigenvalue weighted by Gasteiger charge is 2.03. The van der Waals surface area contributed by atoms with Gasteiger partial charge in [0.15, 0.2) is 0 Å². The molecule has 0 bridgehead atoms. The van der Waals surface area contributed by atoms with Crippen molar-refractivity contribution < 1.29 is 4.74 Å². The first-order valence-corrected chi connectivity index (χ1v) is 7.14. The lowest BCUT2D eigenvalue weighted by atomic mass is 10.1. The number of para-hydroxylation sites is 1. The van der Waals surface area contributed by atoms with Gasteiger partial charge in [-0.1, -0.05) is 18.2 Å². The molecule has 0 saturated carbocycles. The van der Waals surface area contributed by atoms with Crippen LogP contribution >= 0.6 is 0 Å². The molecule has 0 fully saturated rings. The van der Waals surface area contributed by atoms with E-state index in [1.807, 2.05) is 54.6 Å². The van der Waals surface area contributed by atoms with Crippen molar-refractivity contribution in [1.82, 2.24) is 0 Å². The summed E-state index contributed by atoms with van der Waals surface area (Å²) in [7, 11) is 0. The number of nitrogens with two attached hydrogens (primary N) is 1. The van der Waals surface area contributed by atoms with E-state index < -0.39 is 0 Å². The Morgan fingerprint density at radius 3 is 2.26 bits per heavy atom. The second-order valence-electron chi connectivity index (χ2n) is 4.98. The van der Waals surface area contributed by atoms with Gasteiger partial charge in [-0.15, -0.1) is 0 Å². The third-order valence-corrected chi connectivity index (χ3v) is 3.28. The minimum Gasteiger partial charge on any atom is -0.457 e. The van der Waals surface area contributed by atoms with E-state index in [2.05, 4.69) is 11.4 Å². The first kappa shape index (κ1) is 14.5.